The molecule has 1 heterocycles. The van der Waals surface area contributed by atoms with Crippen LogP contribution < -0.4 is 4.74 Å². The summed E-state index contributed by atoms with van der Waals surface area (Å²) in [6.45, 7) is 0.905. The summed E-state index contributed by atoms with van der Waals surface area (Å²) in [6, 6.07) is 19.2. The Morgan fingerprint density at radius 1 is 0.970 bits per heavy atom. The maximum absolute atomic E-state index is 14.8. The maximum Gasteiger partial charge on any atom is 0.165 e. The van der Waals surface area contributed by atoms with Crippen molar-refractivity contribution in [3.8, 4) is 5.75 Å². The van der Waals surface area contributed by atoms with E-state index in [9.17, 15) is 13.6 Å². The molecule has 0 aromatic heterocycles. The average molecular weight is 471 g/mol. The summed E-state index contributed by atoms with van der Waals surface area (Å²) in [5.74, 6) is -1.81. The lowest BCUT2D eigenvalue weighted by Crippen LogP contribution is -2.31. The predicted octanol–water partition coefficient (Wildman–Crippen LogP) is 6.52. The number of ether oxygens (including phenoxy) is 2. The normalized spacial score (nSPS) is 17.3. The fourth-order valence-corrected chi connectivity index (χ4v) is 4.40. The van der Waals surface area contributed by atoms with Gasteiger partial charge in [-0.3, -0.25) is 4.79 Å². The Bertz CT molecular complexity index is 1090. The minimum Gasteiger partial charge on any atom is -0.490 e. The van der Waals surface area contributed by atoms with Crippen molar-refractivity contribution >= 4 is 17.4 Å². The first-order valence-corrected chi connectivity index (χ1v) is 11.4. The van der Waals surface area contributed by atoms with Crippen molar-refractivity contribution in [2.24, 2.45) is 5.92 Å². The monoisotopic (exact) mass is 470 g/mol. The van der Waals surface area contributed by atoms with Crippen molar-refractivity contribution in [1.82, 2.24) is 0 Å². The molecule has 3 aromatic carbocycles. The predicted molar refractivity (Wildman–Crippen MR) is 124 cm³/mol. The Morgan fingerprint density at radius 2 is 1.70 bits per heavy atom. The van der Waals surface area contributed by atoms with Crippen LogP contribution in [0.3, 0.4) is 0 Å². The van der Waals surface area contributed by atoms with Crippen molar-refractivity contribution in [1.29, 1.82) is 0 Å². The van der Waals surface area contributed by atoms with Crippen LogP contribution in [0.25, 0.3) is 0 Å². The third kappa shape index (κ3) is 5.98. The molecule has 172 valence electrons. The van der Waals surface area contributed by atoms with E-state index in [1.807, 2.05) is 42.5 Å². The van der Waals surface area contributed by atoms with Crippen molar-refractivity contribution < 1.29 is 23.0 Å². The Labute approximate surface area is 197 Å². The van der Waals surface area contributed by atoms with Gasteiger partial charge >= 0.3 is 0 Å². The van der Waals surface area contributed by atoms with Gasteiger partial charge in [-0.2, -0.15) is 0 Å². The second-order valence-electron chi connectivity index (χ2n) is 8.31. The van der Waals surface area contributed by atoms with Crippen LogP contribution in [0, 0.1) is 17.6 Å². The van der Waals surface area contributed by atoms with Crippen molar-refractivity contribution in [2.75, 3.05) is 13.2 Å². The van der Waals surface area contributed by atoms with Gasteiger partial charge in [0.05, 0.1) is 19.8 Å². The first-order chi connectivity index (χ1) is 16.0. The van der Waals surface area contributed by atoms with Gasteiger partial charge in [0.1, 0.15) is 11.6 Å². The number of ketones is 1. The second kappa shape index (κ2) is 10.9. The zero-order valence-corrected chi connectivity index (χ0v) is 18.9. The fraction of sp³-hybridized carbons (Fsp3) is 0.296. The molecule has 4 rings (SSSR count). The summed E-state index contributed by atoms with van der Waals surface area (Å²) in [7, 11) is 0. The number of carbonyl (C=O) groups excluding carboxylic acids is 1. The van der Waals surface area contributed by atoms with Crippen LogP contribution in [0.2, 0.25) is 5.02 Å². The number of rotatable bonds is 9. The number of fused-ring (bicyclic) bond motifs is 1. The van der Waals surface area contributed by atoms with Gasteiger partial charge in [-0.1, -0.05) is 54.1 Å². The molecule has 0 spiro atoms. The summed E-state index contributed by atoms with van der Waals surface area (Å²) < 4.78 is 40.4. The molecule has 0 saturated heterocycles. The van der Waals surface area contributed by atoms with Crippen LogP contribution in [0.5, 0.6) is 5.75 Å². The summed E-state index contributed by atoms with van der Waals surface area (Å²) in [5.41, 5.74) is 2.18. The van der Waals surface area contributed by atoms with E-state index >= 15 is 0 Å². The van der Waals surface area contributed by atoms with Gasteiger partial charge in [0.15, 0.2) is 11.6 Å². The standard InChI is InChI=1S/C27H25ClF2O3/c28-21-8-6-18(7-9-21)14-23-20(17-33-27-25(30)11-10-24(29)26(23)27)15-22(31)12-13-32-16-19-4-2-1-3-5-19/h1-11,20,23H,12-17H2/t20-,23+/m1/s1. The topological polar surface area (TPSA) is 35.5 Å². The number of benzene rings is 3. The number of carbonyl (C=O) groups is 1. The zero-order valence-electron chi connectivity index (χ0n) is 18.1. The zero-order chi connectivity index (χ0) is 23.2. The Hall–Kier alpha value is -2.76. The molecule has 3 nitrogen and oxygen atoms in total. The summed E-state index contributed by atoms with van der Waals surface area (Å²) in [5, 5.41) is 0.602. The molecule has 2 atom stereocenters. The first-order valence-electron chi connectivity index (χ1n) is 11.0. The highest BCUT2D eigenvalue weighted by Gasteiger charge is 2.36. The molecular weight excluding hydrogens is 446 g/mol. The Balaban J connectivity index is 1.44. The van der Waals surface area contributed by atoms with E-state index in [4.69, 9.17) is 21.1 Å². The van der Waals surface area contributed by atoms with Crippen molar-refractivity contribution in [2.45, 2.75) is 31.8 Å². The molecule has 0 bridgehead atoms. The molecule has 0 amide bonds. The molecule has 0 radical (unpaired) electrons. The van der Waals surface area contributed by atoms with Gasteiger partial charge in [-0.25, -0.2) is 8.78 Å². The van der Waals surface area contributed by atoms with E-state index in [0.717, 1.165) is 23.3 Å². The minimum absolute atomic E-state index is 0.0121. The maximum atomic E-state index is 14.8. The number of halogens is 3. The summed E-state index contributed by atoms with van der Waals surface area (Å²) >= 11 is 5.99. The number of hydrogen-bond donors (Lipinski definition) is 0. The SMILES string of the molecule is O=C(CCOCc1ccccc1)C[C@@H]1COc2c(F)ccc(F)c2[C@H]1Cc1ccc(Cl)cc1. The average Bonchev–Trinajstić information content (AvgIpc) is 2.82. The summed E-state index contributed by atoms with van der Waals surface area (Å²) in [4.78, 5) is 12.7. The molecule has 6 heteroatoms. The van der Waals surface area contributed by atoms with Crippen LogP contribution in [-0.2, 0) is 22.6 Å². The van der Waals surface area contributed by atoms with Crippen molar-refractivity contribution in [3.63, 3.8) is 0 Å². The van der Waals surface area contributed by atoms with E-state index in [2.05, 4.69) is 0 Å². The lowest BCUT2D eigenvalue weighted by atomic mass is 9.77. The van der Waals surface area contributed by atoms with Crippen molar-refractivity contribution in [3.05, 3.63) is 100 Å². The highest BCUT2D eigenvalue weighted by molar-refractivity contribution is 6.30. The molecule has 0 fully saturated rings. The lowest BCUT2D eigenvalue weighted by molar-refractivity contribution is -0.121. The van der Waals surface area contributed by atoms with Crippen LogP contribution in [0.1, 0.15) is 35.4 Å². The Kier molecular flexibility index (Phi) is 7.73. The third-order valence-electron chi connectivity index (χ3n) is 5.97. The second-order valence-corrected chi connectivity index (χ2v) is 8.75. The molecular formula is C27H25ClF2O3. The molecule has 1 aliphatic heterocycles. The van der Waals surface area contributed by atoms with Crippen LogP contribution in [0.15, 0.2) is 66.7 Å². The highest BCUT2D eigenvalue weighted by Crippen LogP contribution is 2.43. The molecule has 3 aromatic rings. The molecule has 33 heavy (non-hydrogen) atoms. The van der Waals surface area contributed by atoms with Gasteiger partial charge in [-0.15, -0.1) is 0 Å². The van der Waals surface area contributed by atoms with E-state index in [-0.39, 0.29) is 48.4 Å². The van der Waals surface area contributed by atoms with Crippen LogP contribution >= 0.6 is 11.6 Å². The number of hydrogen-bond acceptors (Lipinski definition) is 3. The van der Waals surface area contributed by atoms with E-state index < -0.39 is 11.6 Å². The van der Waals surface area contributed by atoms with Gasteiger partial charge in [-0.05, 0) is 41.8 Å². The molecule has 0 unspecified atom stereocenters. The highest BCUT2D eigenvalue weighted by atomic mass is 35.5. The fourth-order valence-electron chi connectivity index (χ4n) is 4.27. The molecule has 1 aliphatic rings. The molecule has 0 saturated carbocycles. The van der Waals surface area contributed by atoms with Crippen LogP contribution in [-0.4, -0.2) is 19.0 Å². The minimum atomic E-state index is -0.591. The quantitative estimate of drug-likeness (QED) is 0.334. The summed E-state index contributed by atoms with van der Waals surface area (Å²) in [6.07, 6.45) is 0.925. The van der Waals surface area contributed by atoms with E-state index in [1.165, 1.54) is 0 Å². The Morgan fingerprint density at radius 3 is 2.45 bits per heavy atom. The van der Waals surface area contributed by atoms with E-state index in [1.54, 1.807) is 12.1 Å². The largest absolute Gasteiger partial charge is 0.490 e. The van der Waals surface area contributed by atoms with Gasteiger partial charge in [0, 0.05) is 35.3 Å². The number of Topliss-reactive ketones (excluding diaryl/α,β-unsaturated/α-hetero) is 1. The van der Waals surface area contributed by atoms with Gasteiger partial charge in [0.2, 0.25) is 0 Å². The smallest absolute Gasteiger partial charge is 0.165 e. The lowest BCUT2D eigenvalue weighted by Gasteiger charge is -2.34. The van der Waals surface area contributed by atoms with Gasteiger partial charge in [0.25, 0.3) is 0 Å². The van der Waals surface area contributed by atoms with Crippen LogP contribution in [0.4, 0.5) is 8.78 Å². The third-order valence-corrected chi connectivity index (χ3v) is 6.22. The first kappa shape index (κ1) is 23.4. The molecule has 0 N–H and O–H groups in total. The molecule has 0 aliphatic carbocycles. The van der Waals surface area contributed by atoms with E-state index in [0.29, 0.717) is 24.7 Å². The van der Waals surface area contributed by atoms with Gasteiger partial charge < -0.3 is 9.47 Å².